The van der Waals surface area contributed by atoms with Gasteiger partial charge in [-0.2, -0.15) is 0 Å². The molecule has 2 N–H and O–H groups in total. The molecule has 0 saturated heterocycles. The second-order valence-corrected chi connectivity index (χ2v) is 4.24. The predicted molar refractivity (Wildman–Crippen MR) is 68.2 cm³/mol. The Hall–Kier alpha value is -2.01. The van der Waals surface area contributed by atoms with Gasteiger partial charge in [0.15, 0.2) is 0 Å². The summed E-state index contributed by atoms with van der Waals surface area (Å²) in [5.41, 5.74) is 0.374. The van der Waals surface area contributed by atoms with Gasteiger partial charge in [-0.25, -0.2) is 4.79 Å². The van der Waals surface area contributed by atoms with E-state index in [2.05, 4.69) is 9.97 Å². The summed E-state index contributed by atoms with van der Waals surface area (Å²) in [6, 6.07) is 6.65. The second-order valence-electron chi connectivity index (χ2n) is 3.84. The van der Waals surface area contributed by atoms with Crippen LogP contribution in [-0.4, -0.2) is 9.97 Å². The summed E-state index contributed by atoms with van der Waals surface area (Å²) in [7, 11) is 0. The van der Waals surface area contributed by atoms with Gasteiger partial charge >= 0.3 is 5.69 Å². The average Bonchev–Trinajstić information content (AvgIpc) is 2.29. The molecule has 0 amide bonds. The third kappa shape index (κ3) is 3.01. The standard InChI is InChI=1S/C12H11ClN2O3/c1-7-2-3-9(13)10(4-7)18-6-8-5-11(16)15-12(17)14-8/h2-5H,6H2,1H3,(H2,14,15,16,17). The van der Waals surface area contributed by atoms with Crippen LogP contribution in [-0.2, 0) is 6.61 Å². The molecule has 94 valence electrons. The van der Waals surface area contributed by atoms with Crippen molar-refractivity contribution < 1.29 is 4.74 Å². The minimum Gasteiger partial charge on any atom is -0.486 e. The van der Waals surface area contributed by atoms with Crippen LogP contribution in [0.1, 0.15) is 11.3 Å². The summed E-state index contributed by atoms with van der Waals surface area (Å²) in [5.74, 6) is 0.512. The van der Waals surface area contributed by atoms with Gasteiger partial charge in [0.2, 0.25) is 0 Å². The van der Waals surface area contributed by atoms with E-state index in [1.807, 2.05) is 13.0 Å². The number of ether oxygens (including phenoxy) is 1. The number of hydrogen-bond donors (Lipinski definition) is 2. The molecule has 0 spiro atoms. The van der Waals surface area contributed by atoms with Gasteiger partial charge < -0.3 is 9.72 Å². The quantitative estimate of drug-likeness (QED) is 0.886. The molecular formula is C12H11ClN2O3. The van der Waals surface area contributed by atoms with E-state index in [0.717, 1.165) is 5.56 Å². The Morgan fingerprint density at radius 2 is 2.00 bits per heavy atom. The maximum atomic E-state index is 11.1. The van der Waals surface area contributed by atoms with Crippen LogP contribution in [0.15, 0.2) is 33.9 Å². The Labute approximate surface area is 107 Å². The van der Waals surface area contributed by atoms with E-state index in [1.165, 1.54) is 6.07 Å². The summed E-state index contributed by atoms with van der Waals surface area (Å²) in [6.07, 6.45) is 0. The molecule has 0 atom stereocenters. The second kappa shape index (κ2) is 5.10. The molecule has 0 fully saturated rings. The van der Waals surface area contributed by atoms with Gasteiger partial charge in [0, 0.05) is 6.07 Å². The number of halogens is 1. The average molecular weight is 267 g/mol. The zero-order valence-corrected chi connectivity index (χ0v) is 10.4. The summed E-state index contributed by atoms with van der Waals surface area (Å²) in [4.78, 5) is 26.7. The van der Waals surface area contributed by atoms with Crippen molar-refractivity contribution in [2.75, 3.05) is 0 Å². The lowest BCUT2D eigenvalue weighted by atomic mass is 10.2. The lowest BCUT2D eigenvalue weighted by Crippen LogP contribution is -2.23. The van der Waals surface area contributed by atoms with Crippen LogP contribution < -0.4 is 16.0 Å². The Kier molecular flexibility index (Phi) is 3.53. The first-order valence-electron chi connectivity index (χ1n) is 5.26. The fourth-order valence-electron chi connectivity index (χ4n) is 1.47. The highest BCUT2D eigenvalue weighted by molar-refractivity contribution is 6.32. The van der Waals surface area contributed by atoms with E-state index in [9.17, 15) is 9.59 Å². The van der Waals surface area contributed by atoms with Crippen molar-refractivity contribution in [2.45, 2.75) is 13.5 Å². The lowest BCUT2D eigenvalue weighted by molar-refractivity contribution is 0.300. The first-order chi connectivity index (χ1) is 8.54. The number of aromatic amines is 2. The number of nitrogens with one attached hydrogen (secondary N) is 2. The van der Waals surface area contributed by atoms with E-state index in [-0.39, 0.29) is 6.61 Å². The van der Waals surface area contributed by atoms with Crippen molar-refractivity contribution in [2.24, 2.45) is 0 Å². The minimum atomic E-state index is -0.559. The molecule has 18 heavy (non-hydrogen) atoms. The molecule has 6 heteroatoms. The smallest absolute Gasteiger partial charge is 0.326 e. The molecule has 0 saturated carbocycles. The zero-order chi connectivity index (χ0) is 13.1. The minimum absolute atomic E-state index is 0.0718. The van der Waals surface area contributed by atoms with Crippen molar-refractivity contribution >= 4 is 11.6 Å². The monoisotopic (exact) mass is 266 g/mol. The van der Waals surface area contributed by atoms with Crippen LogP contribution in [0.5, 0.6) is 5.75 Å². The highest BCUT2D eigenvalue weighted by Gasteiger charge is 2.03. The molecule has 2 aromatic rings. The fraction of sp³-hybridized carbons (Fsp3) is 0.167. The number of hydrogen-bond acceptors (Lipinski definition) is 3. The maximum Gasteiger partial charge on any atom is 0.326 e. The summed E-state index contributed by atoms with van der Waals surface area (Å²) in [5, 5.41) is 0.479. The van der Waals surface area contributed by atoms with Crippen LogP contribution in [0.25, 0.3) is 0 Å². The van der Waals surface area contributed by atoms with Crippen LogP contribution in [0.2, 0.25) is 5.02 Å². The highest BCUT2D eigenvalue weighted by atomic mass is 35.5. The van der Waals surface area contributed by atoms with E-state index in [1.54, 1.807) is 12.1 Å². The molecule has 5 nitrogen and oxygen atoms in total. The molecule has 1 aromatic heterocycles. The van der Waals surface area contributed by atoms with Crippen LogP contribution >= 0.6 is 11.6 Å². The Morgan fingerprint density at radius 3 is 2.72 bits per heavy atom. The zero-order valence-electron chi connectivity index (χ0n) is 9.62. The number of H-pyrrole nitrogens is 2. The van der Waals surface area contributed by atoms with Gasteiger partial charge in [0.25, 0.3) is 5.56 Å². The fourth-order valence-corrected chi connectivity index (χ4v) is 1.65. The Balaban J connectivity index is 2.18. The molecule has 0 aliphatic heterocycles. The van der Waals surface area contributed by atoms with Crippen molar-refractivity contribution in [3.05, 3.63) is 61.4 Å². The van der Waals surface area contributed by atoms with E-state index >= 15 is 0 Å². The van der Waals surface area contributed by atoms with Crippen molar-refractivity contribution in [1.29, 1.82) is 0 Å². The van der Waals surface area contributed by atoms with Gasteiger partial charge in [-0.3, -0.25) is 9.78 Å². The molecule has 0 unspecified atom stereocenters. The normalized spacial score (nSPS) is 10.3. The maximum absolute atomic E-state index is 11.1. The molecular weight excluding hydrogens is 256 g/mol. The predicted octanol–water partition coefficient (Wildman–Crippen LogP) is 1.60. The number of aryl methyl sites for hydroxylation is 1. The first-order valence-corrected chi connectivity index (χ1v) is 5.64. The van der Waals surface area contributed by atoms with Gasteiger partial charge in [-0.1, -0.05) is 17.7 Å². The lowest BCUT2D eigenvalue weighted by Gasteiger charge is -2.08. The van der Waals surface area contributed by atoms with Gasteiger partial charge in [0.05, 0.1) is 10.7 Å². The van der Waals surface area contributed by atoms with Crippen LogP contribution in [0.3, 0.4) is 0 Å². The molecule has 0 aliphatic carbocycles. The van der Waals surface area contributed by atoms with Gasteiger partial charge in [0.1, 0.15) is 12.4 Å². The van der Waals surface area contributed by atoms with Crippen LogP contribution in [0.4, 0.5) is 0 Å². The number of aromatic nitrogens is 2. The first kappa shape index (κ1) is 12.4. The van der Waals surface area contributed by atoms with Gasteiger partial charge in [-0.15, -0.1) is 0 Å². The van der Waals surface area contributed by atoms with Crippen molar-refractivity contribution in [1.82, 2.24) is 9.97 Å². The SMILES string of the molecule is Cc1ccc(Cl)c(OCc2cc(=O)[nH]c(=O)[nH]2)c1. The summed E-state index contributed by atoms with van der Waals surface area (Å²) >= 11 is 5.96. The third-order valence-electron chi connectivity index (χ3n) is 2.29. The third-order valence-corrected chi connectivity index (χ3v) is 2.60. The molecule has 0 radical (unpaired) electrons. The van der Waals surface area contributed by atoms with E-state index in [4.69, 9.17) is 16.3 Å². The van der Waals surface area contributed by atoms with Crippen LogP contribution in [0, 0.1) is 6.92 Å². The number of rotatable bonds is 3. The van der Waals surface area contributed by atoms with E-state index < -0.39 is 11.2 Å². The topological polar surface area (TPSA) is 75.0 Å². The molecule has 0 bridgehead atoms. The molecule has 0 aliphatic rings. The van der Waals surface area contributed by atoms with Crippen molar-refractivity contribution in [3.8, 4) is 5.75 Å². The number of benzene rings is 1. The van der Waals surface area contributed by atoms with Crippen molar-refractivity contribution in [3.63, 3.8) is 0 Å². The Morgan fingerprint density at radius 1 is 1.22 bits per heavy atom. The molecule has 1 heterocycles. The summed E-state index contributed by atoms with van der Waals surface area (Å²) in [6.45, 7) is 1.99. The Bertz CT molecular complexity index is 647. The molecule has 2 rings (SSSR count). The summed E-state index contributed by atoms with van der Waals surface area (Å²) < 4.78 is 5.46. The highest BCUT2D eigenvalue weighted by Crippen LogP contribution is 2.25. The molecule has 1 aromatic carbocycles. The van der Waals surface area contributed by atoms with Gasteiger partial charge in [-0.05, 0) is 24.6 Å². The largest absolute Gasteiger partial charge is 0.486 e. The van der Waals surface area contributed by atoms with E-state index in [0.29, 0.717) is 16.5 Å².